The third-order valence-electron chi connectivity index (χ3n) is 3.94. The topological polar surface area (TPSA) is 29.5 Å². The molecule has 90 valence electrons. The van der Waals surface area contributed by atoms with Crippen molar-refractivity contribution >= 4 is 0 Å². The molecule has 2 heteroatoms. The van der Waals surface area contributed by atoms with E-state index >= 15 is 0 Å². The third kappa shape index (κ3) is 1.98. The van der Waals surface area contributed by atoms with Crippen molar-refractivity contribution in [3.63, 3.8) is 0 Å². The second kappa shape index (κ2) is 4.19. The molecular weight excluding hydrogens is 212 g/mol. The number of benzene rings is 1. The van der Waals surface area contributed by atoms with Crippen molar-refractivity contribution in [3.8, 4) is 0 Å². The molecular formula is C15H18O2. The van der Waals surface area contributed by atoms with Crippen LogP contribution in [-0.2, 0) is 17.6 Å². The molecule has 0 bridgehead atoms. The average Bonchev–Trinajstić information content (AvgIpc) is 2.40. The molecule has 0 saturated heterocycles. The van der Waals surface area contributed by atoms with Crippen LogP contribution in [0, 0.1) is 0 Å². The minimum atomic E-state index is -0.672. The maximum Gasteiger partial charge on any atom is 0.0932 e. The van der Waals surface area contributed by atoms with Crippen LogP contribution in [0.1, 0.15) is 30.4 Å². The van der Waals surface area contributed by atoms with Gasteiger partial charge in [-0.2, -0.15) is 0 Å². The molecule has 0 saturated carbocycles. The molecule has 1 heterocycles. The Morgan fingerprint density at radius 3 is 2.71 bits per heavy atom. The summed E-state index contributed by atoms with van der Waals surface area (Å²) in [6, 6.07) is 8.42. The van der Waals surface area contributed by atoms with Crippen molar-refractivity contribution in [1.29, 1.82) is 0 Å². The van der Waals surface area contributed by atoms with Gasteiger partial charge in [0.05, 0.1) is 18.5 Å². The van der Waals surface area contributed by atoms with Crippen LogP contribution < -0.4 is 0 Å². The monoisotopic (exact) mass is 230 g/mol. The minimum Gasteiger partial charge on any atom is -0.501 e. The van der Waals surface area contributed by atoms with Crippen LogP contribution in [0.2, 0.25) is 0 Å². The molecule has 1 aliphatic heterocycles. The smallest absolute Gasteiger partial charge is 0.0932 e. The van der Waals surface area contributed by atoms with Gasteiger partial charge in [0.1, 0.15) is 0 Å². The Labute approximate surface area is 102 Å². The maximum absolute atomic E-state index is 10.8. The van der Waals surface area contributed by atoms with Crippen molar-refractivity contribution in [2.45, 2.75) is 37.7 Å². The summed E-state index contributed by atoms with van der Waals surface area (Å²) in [7, 11) is 0. The predicted octanol–water partition coefficient (Wildman–Crippen LogP) is 2.60. The van der Waals surface area contributed by atoms with Crippen LogP contribution in [0.5, 0.6) is 0 Å². The molecule has 1 aromatic rings. The summed E-state index contributed by atoms with van der Waals surface area (Å²) in [5.41, 5.74) is 3.08. The highest BCUT2D eigenvalue weighted by atomic mass is 16.5. The lowest BCUT2D eigenvalue weighted by Crippen LogP contribution is -2.38. The number of ether oxygens (including phenoxy) is 1. The molecule has 2 nitrogen and oxygen atoms in total. The fourth-order valence-corrected chi connectivity index (χ4v) is 2.90. The van der Waals surface area contributed by atoms with Gasteiger partial charge in [-0.1, -0.05) is 24.3 Å². The van der Waals surface area contributed by atoms with Crippen LogP contribution in [0.25, 0.3) is 0 Å². The van der Waals surface area contributed by atoms with E-state index in [1.54, 1.807) is 6.26 Å². The second-order valence-electron chi connectivity index (χ2n) is 5.09. The van der Waals surface area contributed by atoms with Crippen molar-refractivity contribution in [2.75, 3.05) is 6.61 Å². The van der Waals surface area contributed by atoms with Crippen LogP contribution in [0.3, 0.4) is 0 Å². The van der Waals surface area contributed by atoms with Gasteiger partial charge in [0.15, 0.2) is 0 Å². The Morgan fingerprint density at radius 1 is 1.12 bits per heavy atom. The molecule has 17 heavy (non-hydrogen) atoms. The molecule has 0 spiro atoms. The van der Waals surface area contributed by atoms with Gasteiger partial charge in [0, 0.05) is 6.42 Å². The van der Waals surface area contributed by atoms with E-state index in [-0.39, 0.29) is 0 Å². The number of hydrogen-bond acceptors (Lipinski definition) is 2. The Bertz CT molecular complexity index is 450. The highest BCUT2D eigenvalue weighted by Gasteiger charge is 2.36. The standard InChI is InChI=1S/C15H18O2/c16-15(14-6-3-9-17-11-14)8-7-12-4-1-2-5-13(12)10-15/h1-2,4-5,11,16H,3,6-10H2. The molecule has 3 rings (SSSR count). The van der Waals surface area contributed by atoms with E-state index in [0.717, 1.165) is 44.3 Å². The fraction of sp³-hybridized carbons (Fsp3) is 0.467. The summed E-state index contributed by atoms with van der Waals surface area (Å²) < 4.78 is 5.37. The molecule has 0 radical (unpaired) electrons. The van der Waals surface area contributed by atoms with Crippen LogP contribution in [0.15, 0.2) is 36.1 Å². The Hall–Kier alpha value is -1.28. The van der Waals surface area contributed by atoms with E-state index in [4.69, 9.17) is 4.74 Å². The zero-order valence-corrected chi connectivity index (χ0v) is 9.98. The van der Waals surface area contributed by atoms with Crippen LogP contribution in [0.4, 0.5) is 0 Å². The van der Waals surface area contributed by atoms with E-state index in [0.29, 0.717) is 0 Å². The highest BCUT2D eigenvalue weighted by molar-refractivity contribution is 5.35. The third-order valence-corrected chi connectivity index (χ3v) is 3.94. The predicted molar refractivity (Wildman–Crippen MR) is 66.7 cm³/mol. The van der Waals surface area contributed by atoms with E-state index in [1.807, 2.05) is 0 Å². The van der Waals surface area contributed by atoms with Crippen molar-refractivity contribution in [3.05, 3.63) is 47.2 Å². The molecule has 0 fully saturated rings. The maximum atomic E-state index is 10.8. The summed E-state index contributed by atoms with van der Waals surface area (Å²) in [6.45, 7) is 0.788. The van der Waals surface area contributed by atoms with Gasteiger partial charge in [-0.15, -0.1) is 0 Å². The molecule has 1 aromatic carbocycles. The number of fused-ring (bicyclic) bond motifs is 1. The molecule has 1 aliphatic carbocycles. The van der Waals surface area contributed by atoms with E-state index in [2.05, 4.69) is 24.3 Å². The first kappa shape index (κ1) is 10.8. The van der Waals surface area contributed by atoms with Gasteiger partial charge >= 0.3 is 0 Å². The molecule has 0 aromatic heterocycles. The summed E-state index contributed by atoms with van der Waals surface area (Å²) in [5, 5.41) is 10.8. The minimum absolute atomic E-state index is 0.672. The van der Waals surface area contributed by atoms with Crippen LogP contribution in [-0.4, -0.2) is 17.3 Å². The van der Waals surface area contributed by atoms with E-state index in [1.165, 1.54) is 11.1 Å². The zero-order valence-electron chi connectivity index (χ0n) is 9.98. The Morgan fingerprint density at radius 2 is 1.94 bits per heavy atom. The van der Waals surface area contributed by atoms with Gasteiger partial charge in [0.25, 0.3) is 0 Å². The van der Waals surface area contributed by atoms with Gasteiger partial charge in [-0.05, 0) is 42.4 Å². The average molecular weight is 230 g/mol. The number of aryl methyl sites for hydroxylation is 1. The molecule has 1 atom stereocenters. The normalized spacial score (nSPS) is 27.9. The summed E-state index contributed by atoms with van der Waals surface area (Å²) in [5.74, 6) is 0. The lowest BCUT2D eigenvalue weighted by Gasteiger charge is -2.36. The molecule has 1 N–H and O–H groups in total. The second-order valence-corrected chi connectivity index (χ2v) is 5.09. The largest absolute Gasteiger partial charge is 0.501 e. The van der Waals surface area contributed by atoms with Crippen molar-refractivity contribution in [1.82, 2.24) is 0 Å². The lowest BCUT2D eigenvalue weighted by atomic mass is 9.75. The number of hydrogen-bond donors (Lipinski definition) is 1. The van der Waals surface area contributed by atoms with Gasteiger partial charge < -0.3 is 9.84 Å². The van der Waals surface area contributed by atoms with Gasteiger partial charge in [-0.3, -0.25) is 0 Å². The van der Waals surface area contributed by atoms with Gasteiger partial charge in [0.2, 0.25) is 0 Å². The summed E-state index contributed by atoms with van der Waals surface area (Å²) in [4.78, 5) is 0. The summed E-state index contributed by atoms with van der Waals surface area (Å²) in [6.07, 6.45) is 6.30. The first-order chi connectivity index (χ1) is 8.28. The van der Waals surface area contributed by atoms with Crippen molar-refractivity contribution < 1.29 is 9.84 Å². The molecule has 2 aliphatic rings. The van der Waals surface area contributed by atoms with E-state index < -0.39 is 5.60 Å². The number of rotatable bonds is 1. The summed E-state index contributed by atoms with van der Waals surface area (Å²) >= 11 is 0. The lowest BCUT2D eigenvalue weighted by molar-refractivity contribution is 0.0491. The van der Waals surface area contributed by atoms with Crippen LogP contribution >= 0.6 is 0 Å². The molecule has 1 unspecified atom stereocenters. The highest BCUT2D eigenvalue weighted by Crippen LogP contribution is 2.36. The molecule has 0 amide bonds. The van der Waals surface area contributed by atoms with E-state index in [9.17, 15) is 5.11 Å². The Kier molecular flexibility index (Phi) is 2.67. The Balaban J connectivity index is 1.89. The SMILES string of the molecule is OC1(C2=COCCC2)CCc2ccccc2C1. The van der Waals surface area contributed by atoms with Gasteiger partial charge in [-0.25, -0.2) is 0 Å². The zero-order chi connectivity index (χ0) is 11.7. The van der Waals surface area contributed by atoms with Crippen molar-refractivity contribution in [2.24, 2.45) is 0 Å². The quantitative estimate of drug-likeness (QED) is 0.803. The first-order valence-electron chi connectivity index (χ1n) is 6.38. The number of aliphatic hydroxyl groups is 1. The first-order valence-corrected chi connectivity index (χ1v) is 6.38. The fourth-order valence-electron chi connectivity index (χ4n) is 2.90.